The summed E-state index contributed by atoms with van der Waals surface area (Å²) in [6.45, 7) is 0. The van der Waals surface area contributed by atoms with Gasteiger partial charge in [-0.3, -0.25) is 4.98 Å². The molecule has 2 aromatic carbocycles. The first-order chi connectivity index (χ1) is 10.3. The second-order valence-corrected chi connectivity index (χ2v) is 4.47. The van der Waals surface area contributed by atoms with E-state index in [-0.39, 0.29) is 5.84 Å². The van der Waals surface area contributed by atoms with Crippen LogP contribution in [0.1, 0.15) is 5.56 Å². The van der Waals surface area contributed by atoms with E-state index in [0.29, 0.717) is 17.1 Å². The number of pyridine rings is 1. The Balaban J connectivity index is 1.99. The zero-order chi connectivity index (χ0) is 14.7. The lowest BCUT2D eigenvalue weighted by molar-refractivity contribution is 0.318. The number of aromatic nitrogens is 1. The molecule has 0 unspecified atom stereocenters. The predicted octanol–water partition coefficient (Wildman–Crippen LogP) is 3.12. The minimum Gasteiger partial charge on any atom is -0.455 e. The lowest BCUT2D eigenvalue weighted by atomic mass is 10.1. The van der Waals surface area contributed by atoms with Gasteiger partial charge in [-0.2, -0.15) is 0 Å². The summed E-state index contributed by atoms with van der Waals surface area (Å²) in [6.07, 6.45) is 3.09. The highest BCUT2D eigenvalue weighted by molar-refractivity contribution is 5.99. The number of nitrogens with two attached hydrogens (primary N) is 1. The molecule has 0 spiro atoms. The van der Waals surface area contributed by atoms with Crippen LogP contribution in [0.4, 0.5) is 0 Å². The SMILES string of the molecule is N/C(=N/O)c1ccncc1Oc1ccc2ccccc2c1. The highest BCUT2D eigenvalue weighted by Gasteiger charge is 2.09. The monoisotopic (exact) mass is 279 g/mol. The summed E-state index contributed by atoms with van der Waals surface area (Å²) in [4.78, 5) is 4.00. The van der Waals surface area contributed by atoms with Gasteiger partial charge in [0.1, 0.15) is 5.75 Å². The zero-order valence-corrected chi connectivity index (χ0v) is 11.1. The molecular weight excluding hydrogens is 266 g/mol. The van der Waals surface area contributed by atoms with E-state index in [2.05, 4.69) is 10.1 Å². The van der Waals surface area contributed by atoms with Gasteiger partial charge in [0.05, 0.1) is 11.8 Å². The normalized spacial score (nSPS) is 11.5. The molecule has 5 nitrogen and oxygen atoms in total. The van der Waals surface area contributed by atoms with Gasteiger partial charge in [0.15, 0.2) is 11.6 Å². The molecule has 0 radical (unpaired) electrons. The Hall–Kier alpha value is -3.08. The van der Waals surface area contributed by atoms with Crippen LogP contribution >= 0.6 is 0 Å². The molecule has 3 aromatic rings. The van der Waals surface area contributed by atoms with Crippen molar-refractivity contribution < 1.29 is 9.94 Å². The second-order valence-electron chi connectivity index (χ2n) is 4.47. The van der Waals surface area contributed by atoms with E-state index >= 15 is 0 Å². The predicted molar refractivity (Wildman–Crippen MR) is 80.8 cm³/mol. The first kappa shape index (κ1) is 12.9. The number of rotatable bonds is 3. The maximum absolute atomic E-state index is 8.81. The Morgan fingerprint density at radius 2 is 1.90 bits per heavy atom. The highest BCUT2D eigenvalue weighted by atomic mass is 16.5. The molecule has 104 valence electrons. The van der Waals surface area contributed by atoms with Gasteiger partial charge < -0.3 is 15.7 Å². The molecule has 0 atom stereocenters. The lowest BCUT2D eigenvalue weighted by Crippen LogP contribution is -2.14. The fourth-order valence-corrected chi connectivity index (χ4v) is 2.08. The van der Waals surface area contributed by atoms with Gasteiger partial charge >= 0.3 is 0 Å². The van der Waals surface area contributed by atoms with Crippen LogP contribution in [0.2, 0.25) is 0 Å². The number of fused-ring (bicyclic) bond motifs is 1. The van der Waals surface area contributed by atoms with Crippen molar-refractivity contribution in [1.29, 1.82) is 0 Å². The summed E-state index contributed by atoms with van der Waals surface area (Å²) in [5.41, 5.74) is 6.12. The van der Waals surface area contributed by atoms with Crippen LogP contribution in [0, 0.1) is 0 Å². The minimum atomic E-state index is -0.0202. The van der Waals surface area contributed by atoms with E-state index in [1.54, 1.807) is 12.3 Å². The third-order valence-electron chi connectivity index (χ3n) is 3.12. The van der Waals surface area contributed by atoms with E-state index in [9.17, 15) is 0 Å². The summed E-state index contributed by atoms with van der Waals surface area (Å²) in [5, 5.41) is 14.0. The van der Waals surface area contributed by atoms with Gasteiger partial charge in [0, 0.05) is 6.20 Å². The Bertz CT molecular complexity index is 815. The van der Waals surface area contributed by atoms with Crippen molar-refractivity contribution in [1.82, 2.24) is 4.98 Å². The summed E-state index contributed by atoms with van der Waals surface area (Å²) in [7, 11) is 0. The largest absolute Gasteiger partial charge is 0.455 e. The summed E-state index contributed by atoms with van der Waals surface area (Å²) < 4.78 is 5.81. The van der Waals surface area contributed by atoms with Gasteiger partial charge in [-0.05, 0) is 29.0 Å². The Kier molecular flexibility index (Phi) is 3.39. The van der Waals surface area contributed by atoms with Crippen LogP contribution in [0.25, 0.3) is 10.8 Å². The molecule has 0 bridgehead atoms. The van der Waals surface area contributed by atoms with E-state index in [0.717, 1.165) is 10.8 Å². The lowest BCUT2D eigenvalue weighted by Gasteiger charge is -2.10. The number of benzene rings is 2. The number of hydrogen-bond acceptors (Lipinski definition) is 4. The Morgan fingerprint density at radius 3 is 2.71 bits per heavy atom. The van der Waals surface area contributed by atoms with Crippen LogP contribution < -0.4 is 10.5 Å². The maximum atomic E-state index is 8.81. The zero-order valence-electron chi connectivity index (χ0n) is 11.1. The maximum Gasteiger partial charge on any atom is 0.173 e. The molecule has 0 fully saturated rings. The topological polar surface area (TPSA) is 80.7 Å². The van der Waals surface area contributed by atoms with Crippen molar-refractivity contribution in [3.63, 3.8) is 0 Å². The van der Waals surface area contributed by atoms with E-state index in [4.69, 9.17) is 15.7 Å². The standard InChI is InChI=1S/C16H13N3O2/c17-16(19-20)14-7-8-18-10-15(14)21-13-6-5-11-3-1-2-4-12(11)9-13/h1-10,20H,(H2,17,19). The average Bonchev–Trinajstić information content (AvgIpc) is 2.54. The Labute approximate surface area is 121 Å². The summed E-state index contributed by atoms with van der Waals surface area (Å²) in [6, 6.07) is 15.4. The second kappa shape index (κ2) is 5.50. The quantitative estimate of drug-likeness (QED) is 0.334. The molecule has 0 saturated heterocycles. The molecule has 21 heavy (non-hydrogen) atoms. The molecule has 0 aliphatic heterocycles. The average molecular weight is 279 g/mol. The number of hydrogen-bond donors (Lipinski definition) is 2. The third-order valence-corrected chi connectivity index (χ3v) is 3.12. The summed E-state index contributed by atoms with van der Waals surface area (Å²) in [5.74, 6) is 1.07. The van der Waals surface area contributed by atoms with Crippen molar-refractivity contribution in [3.8, 4) is 11.5 Å². The molecule has 1 heterocycles. The smallest absolute Gasteiger partial charge is 0.173 e. The Morgan fingerprint density at radius 1 is 1.10 bits per heavy atom. The fraction of sp³-hybridized carbons (Fsp3) is 0. The van der Waals surface area contributed by atoms with Crippen LogP contribution in [0.3, 0.4) is 0 Å². The van der Waals surface area contributed by atoms with Crippen LogP contribution in [0.5, 0.6) is 11.5 Å². The molecule has 1 aromatic heterocycles. The van der Waals surface area contributed by atoms with Gasteiger partial charge in [-0.25, -0.2) is 0 Å². The van der Waals surface area contributed by atoms with Crippen molar-refractivity contribution in [3.05, 3.63) is 66.5 Å². The molecule has 0 aliphatic rings. The van der Waals surface area contributed by atoms with E-state index in [1.807, 2.05) is 42.5 Å². The van der Waals surface area contributed by atoms with E-state index < -0.39 is 0 Å². The molecule has 0 aliphatic carbocycles. The van der Waals surface area contributed by atoms with Crippen molar-refractivity contribution >= 4 is 16.6 Å². The fourth-order valence-electron chi connectivity index (χ4n) is 2.08. The van der Waals surface area contributed by atoms with Crippen molar-refractivity contribution in [2.45, 2.75) is 0 Å². The molecule has 0 saturated carbocycles. The van der Waals surface area contributed by atoms with Gasteiger partial charge in [-0.1, -0.05) is 35.5 Å². The van der Waals surface area contributed by atoms with Gasteiger partial charge in [0.25, 0.3) is 0 Å². The minimum absolute atomic E-state index is 0.0202. The number of oxime groups is 1. The number of ether oxygens (including phenoxy) is 1. The van der Waals surface area contributed by atoms with Crippen molar-refractivity contribution in [2.24, 2.45) is 10.9 Å². The highest BCUT2D eigenvalue weighted by Crippen LogP contribution is 2.27. The molecule has 5 heteroatoms. The first-order valence-corrected chi connectivity index (χ1v) is 6.36. The van der Waals surface area contributed by atoms with Crippen LogP contribution in [-0.4, -0.2) is 16.0 Å². The van der Waals surface area contributed by atoms with E-state index in [1.165, 1.54) is 6.20 Å². The molecule has 3 rings (SSSR count). The summed E-state index contributed by atoms with van der Waals surface area (Å²) >= 11 is 0. The number of nitrogens with zero attached hydrogens (tertiary/aromatic N) is 2. The molecule has 3 N–H and O–H groups in total. The third kappa shape index (κ3) is 2.62. The van der Waals surface area contributed by atoms with Crippen LogP contribution in [0.15, 0.2) is 66.1 Å². The molecular formula is C16H13N3O2. The van der Waals surface area contributed by atoms with Gasteiger partial charge in [0.2, 0.25) is 0 Å². The van der Waals surface area contributed by atoms with Crippen LogP contribution in [-0.2, 0) is 0 Å². The van der Waals surface area contributed by atoms with Gasteiger partial charge in [-0.15, -0.1) is 0 Å². The number of amidine groups is 1. The molecule has 0 amide bonds. The first-order valence-electron chi connectivity index (χ1n) is 6.36. The van der Waals surface area contributed by atoms with Crippen molar-refractivity contribution in [2.75, 3.05) is 0 Å².